The third-order valence-corrected chi connectivity index (χ3v) is 2.94. The van der Waals surface area contributed by atoms with Crippen molar-refractivity contribution in [1.82, 2.24) is 5.32 Å². The Bertz CT molecular complexity index is 364. The van der Waals surface area contributed by atoms with Crippen LogP contribution in [-0.2, 0) is 6.42 Å². The van der Waals surface area contributed by atoms with E-state index in [0.717, 1.165) is 25.5 Å². The van der Waals surface area contributed by atoms with Crippen molar-refractivity contribution in [3.05, 3.63) is 35.4 Å². The Hall–Kier alpha value is -0.960. The standard InChI is InChI=1S/C15H23F2N/c1-4-8-18-13(9-11(2)3)10-12-6-5-7-14(16)15(12)17/h5-7,11,13,18H,4,8-10H2,1-3H3. The second-order valence-corrected chi connectivity index (χ2v) is 5.20. The van der Waals surface area contributed by atoms with Crippen molar-refractivity contribution < 1.29 is 8.78 Å². The molecule has 0 aliphatic carbocycles. The van der Waals surface area contributed by atoms with Gasteiger partial charge in [-0.3, -0.25) is 0 Å². The normalized spacial score (nSPS) is 13.0. The van der Waals surface area contributed by atoms with Gasteiger partial charge in [0.1, 0.15) is 0 Å². The molecule has 0 aliphatic heterocycles. The molecule has 0 spiro atoms. The van der Waals surface area contributed by atoms with E-state index >= 15 is 0 Å². The molecule has 1 N–H and O–H groups in total. The minimum atomic E-state index is -0.758. The van der Waals surface area contributed by atoms with Crippen LogP contribution in [0.1, 0.15) is 39.2 Å². The lowest BCUT2D eigenvalue weighted by atomic mass is 9.97. The largest absolute Gasteiger partial charge is 0.314 e. The summed E-state index contributed by atoms with van der Waals surface area (Å²) in [4.78, 5) is 0. The molecule has 3 heteroatoms. The van der Waals surface area contributed by atoms with Crippen LogP contribution in [0.4, 0.5) is 8.78 Å². The van der Waals surface area contributed by atoms with Crippen molar-refractivity contribution in [2.45, 2.75) is 46.1 Å². The van der Waals surface area contributed by atoms with Gasteiger partial charge in [-0.2, -0.15) is 0 Å². The molecule has 0 aromatic heterocycles. The Labute approximate surface area is 109 Å². The topological polar surface area (TPSA) is 12.0 Å². The minimum absolute atomic E-state index is 0.209. The lowest BCUT2D eigenvalue weighted by molar-refractivity contribution is 0.407. The van der Waals surface area contributed by atoms with Gasteiger partial charge in [0.05, 0.1) is 0 Å². The average molecular weight is 255 g/mol. The third-order valence-electron chi connectivity index (χ3n) is 2.94. The maximum atomic E-state index is 13.6. The summed E-state index contributed by atoms with van der Waals surface area (Å²) >= 11 is 0. The van der Waals surface area contributed by atoms with Crippen LogP contribution < -0.4 is 5.32 Å². The highest BCUT2D eigenvalue weighted by Crippen LogP contribution is 2.16. The number of halogens is 2. The summed E-state index contributed by atoms with van der Waals surface area (Å²) in [6.45, 7) is 7.29. The summed E-state index contributed by atoms with van der Waals surface area (Å²) < 4.78 is 26.8. The van der Waals surface area contributed by atoms with Crippen LogP contribution in [0.15, 0.2) is 18.2 Å². The van der Waals surface area contributed by atoms with E-state index in [9.17, 15) is 8.78 Å². The Balaban J connectivity index is 2.72. The first-order valence-electron chi connectivity index (χ1n) is 6.70. The van der Waals surface area contributed by atoms with Gasteiger partial charge in [-0.05, 0) is 43.4 Å². The highest BCUT2D eigenvalue weighted by Gasteiger charge is 2.15. The van der Waals surface area contributed by atoms with Crippen LogP contribution in [0.25, 0.3) is 0 Å². The van der Waals surface area contributed by atoms with Gasteiger partial charge >= 0.3 is 0 Å². The number of benzene rings is 1. The summed E-state index contributed by atoms with van der Waals surface area (Å²) in [6, 6.07) is 4.61. The Kier molecular flexibility index (Phi) is 6.27. The molecule has 0 bridgehead atoms. The van der Waals surface area contributed by atoms with Crippen LogP contribution in [0.2, 0.25) is 0 Å². The summed E-state index contributed by atoms with van der Waals surface area (Å²) in [5, 5.41) is 3.41. The van der Waals surface area contributed by atoms with Gasteiger partial charge in [0, 0.05) is 6.04 Å². The van der Waals surface area contributed by atoms with Crippen LogP contribution >= 0.6 is 0 Å². The predicted molar refractivity (Wildman–Crippen MR) is 71.6 cm³/mol. The van der Waals surface area contributed by atoms with Crippen molar-refractivity contribution in [2.24, 2.45) is 5.92 Å². The molecule has 1 atom stereocenters. The molecular weight excluding hydrogens is 232 g/mol. The summed E-state index contributed by atoms with van der Waals surface area (Å²) in [7, 11) is 0. The quantitative estimate of drug-likeness (QED) is 0.778. The van der Waals surface area contributed by atoms with Crippen LogP contribution in [-0.4, -0.2) is 12.6 Å². The van der Waals surface area contributed by atoms with Crippen molar-refractivity contribution in [1.29, 1.82) is 0 Å². The predicted octanol–water partition coefficient (Wildman–Crippen LogP) is 3.92. The molecule has 0 amide bonds. The zero-order chi connectivity index (χ0) is 13.5. The summed E-state index contributed by atoms with van der Waals surface area (Å²) in [5.41, 5.74) is 0.462. The maximum Gasteiger partial charge on any atom is 0.162 e. The van der Waals surface area contributed by atoms with Crippen molar-refractivity contribution >= 4 is 0 Å². The lowest BCUT2D eigenvalue weighted by Crippen LogP contribution is -2.33. The highest BCUT2D eigenvalue weighted by atomic mass is 19.2. The van der Waals surface area contributed by atoms with Gasteiger partial charge in [-0.25, -0.2) is 8.78 Å². The number of hydrogen-bond donors (Lipinski definition) is 1. The SMILES string of the molecule is CCCNC(Cc1cccc(F)c1F)CC(C)C. The molecule has 18 heavy (non-hydrogen) atoms. The number of rotatable bonds is 7. The second kappa shape index (κ2) is 7.47. The van der Waals surface area contributed by atoms with Crippen molar-refractivity contribution in [3.8, 4) is 0 Å². The van der Waals surface area contributed by atoms with E-state index in [1.807, 2.05) is 0 Å². The van der Waals surface area contributed by atoms with Gasteiger partial charge in [0.25, 0.3) is 0 Å². The van der Waals surface area contributed by atoms with Crippen LogP contribution in [0, 0.1) is 17.6 Å². The number of nitrogens with one attached hydrogen (secondary N) is 1. The molecule has 1 aromatic carbocycles. The van der Waals surface area contributed by atoms with E-state index in [4.69, 9.17) is 0 Å². The first kappa shape index (κ1) is 15.1. The Morgan fingerprint density at radius 1 is 1.22 bits per heavy atom. The average Bonchev–Trinajstić information content (AvgIpc) is 2.31. The molecule has 0 aliphatic rings. The Morgan fingerprint density at radius 2 is 1.94 bits per heavy atom. The molecule has 102 valence electrons. The summed E-state index contributed by atoms with van der Waals surface area (Å²) in [5.74, 6) is -0.924. The van der Waals surface area contributed by atoms with Gasteiger partial charge in [-0.1, -0.05) is 32.9 Å². The third kappa shape index (κ3) is 4.73. The van der Waals surface area contributed by atoms with E-state index in [1.54, 1.807) is 12.1 Å². The van der Waals surface area contributed by atoms with Crippen molar-refractivity contribution in [2.75, 3.05) is 6.54 Å². The molecule has 1 nitrogen and oxygen atoms in total. The molecule has 0 saturated carbocycles. The zero-order valence-corrected chi connectivity index (χ0v) is 11.5. The molecule has 0 fully saturated rings. The van der Waals surface area contributed by atoms with E-state index in [0.29, 0.717) is 17.9 Å². The van der Waals surface area contributed by atoms with Gasteiger partial charge in [0.15, 0.2) is 11.6 Å². The molecule has 0 saturated heterocycles. The molecular formula is C15H23F2N. The van der Waals surface area contributed by atoms with Gasteiger partial charge < -0.3 is 5.32 Å². The smallest absolute Gasteiger partial charge is 0.162 e. The zero-order valence-electron chi connectivity index (χ0n) is 11.5. The highest BCUT2D eigenvalue weighted by molar-refractivity contribution is 5.20. The Morgan fingerprint density at radius 3 is 2.56 bits per heavy atom. The molecule has 0 heterocycles. The van der Waals surface area contributed by atoms with E-state index in [2.05, 4.69) is 26.1 Å². The fourth-order valence-electron chi connectivity index (χ4n) is 2.13. The fourth-order valence-corrected chi connectivity index (χ4v) is 2.13. The maximum absolute atomic E-state index is 13.6. The van der Waals surface area contributed by atoms with Crippen LogP contribution in [0.3, 0.4) is 0 Å². The first-order valence-corrected chi connectivity index (χ1v) is 6.70. The fraction of sp³-hybridized carbons (Fsp3) is 0.600. The monoisotopic (exact) mass is 255 g/mol. The van der Waals surface area contributed by atoms with E-state index in [-0.39, 0.29) is 6.04 Å². The molecule has 1 rings (SSSR count). The molecule has 0 radical (unpaired) electrons. The lowest BCUT2D eigenvalue weighted by Gasteiger charge is -2.21. The van der Waals surface area contributed by atoms with Crippen LogP contribution in [0.5, 0.6) is 0 Å². The summed E-state index contributed by atoms with van der Waals surface area (Å²) in [6.07, 6.45) is 2.55. The second-order valence-electron chi connectivity index (χ2n) is 5.20. The first-order chi connectivity index (χ1) is 8.54. The van der Waals surface area contributed by atoms with Crippen molar-refractivity contribution in [3.63, 3.8) is 0 Å². The van der Waals surface area contributed by atoms with E-state index < -0.39 is 11.6 Å². The molecule has 1 unspecified atom stereocenters. The van der Waals surface area contributed by atoms with Gasteiger partial charge in [0.2, 0.25) is 0 Å². The van der Waals surface area contributed by atoms with E-state index in [1.165, 1.54) is 0 Å². The molecule has 1 aromatic rings. The number of hydrogen-bond acceptors (Lipinski definition) is 1. The minimum Gasteiger partial charge on any atom is -0.314 e. The van der Waals surface area contributed by atoms with Gasteiger partial charge in [-0.15, -0.1) is 0 Å².